The van der Waals surface area contributed by atoms with Crippen molar-refractivity contribution < 1.29 is 4.74 Å². The lowest BCUT2D eigenvalue weighted by Gasteiger charge is -2.03. The molecule has 0 unspecified atom stereocenters. The average Bonchev–Trinajstić information content (AvgIpc) is 3.39. The predicted molar refractivity (Wildman–Crippen MR) is 111 cm³/mol. The van der Waals surface area contributed by atoms with Gasteiger partial charge >= 0.3 is 0 Å². The monoisotopic (exact) mass is 395 g/mol. The van der Waals surface area contributed by atoms with E-state index in [1.54, 1.807) is 11.3 Å². The number of fused-ring (bicyclic) bond motifs is 1. The molecular weight excluding hydrogens is 378 g/mol. The van der Waals surface area contributed by atoms with Crippen LogP contribution in [0.2, 0.25) is 0 Å². The molecule has 4 rings (SSSR count). The Balaban J connectivity index is 1.59. The van der Waals surface area contributed by atoms with Gasteiger partial charge in [-0.25, -0.2) is 0 Å². The second-order valence-electron chi connectivity index (χ2n) is 5.85. The Morgan fingerprint density at radius 3 is 2.74 bits per heavy atom. The smallest absolute Gasteiger partial charge is 0.291 e. The Labute approximate surface area is 163 Å². The lowest BCUT2D eigenvalue weighted by Crippen LogP contribution is -2.23. The second-order valence-corrected chi connectivity index (χ2v) is 7.83. The van der Waals surface area contributed by atoms with E-state index in [2.05, 4.69) is 17.0 Å². The van der Waals surface area contributed by atoms with Crippen LogP contribution in [0.25, 0.3) is 23.2 Å². The second kappa shape index (κ2) is 7.85. The number of rotatable bonds is 6. The standard InChI is InChI=1S/C20H17N3O2S2/c1-2-11-25-15-7-5-14(6-8-15)13-17-19(24)23-20(27-17)21-18(22-23)10-9-16-4-3-12-26-16/h3-10,12-13H,2,11H2,1H3. The molecule has 3 heterocycles. The summed E-state index contributed by atoms with van der Waals surface area (Å²) in [4.78, 5) is 18.7. The molecule has 0 saturated heterocycles. The van der Waals surface area contributed by atoms with Crippen molar-refractivity contribution in [3.8, 4) is 5.75 Å². The molecule has 27 heavy (non-hydrogen) atoms. The number of thiophene rings is 1. The van der Waals surface area contributed by atoms with Crippen LogP contribution in [0.3, 0.4) is 0 Å². The third-order valence-corrected chi connectivity index (χ3v) is 5.59. The van der Waals surface area contributed by atoms with Crippen molar-refractivity contribution in [2.75, 3.05) is 6.61 Å². The Bertz CT molecular complexity index is 1170. The number of thiazole rings is 1. The van der Waals surface area contributed by atoms with Gasteiger partial charge in [-0.2, -0.15) is 9.50 Å². The SMILES string of the molecule is CCCOc1ccc(C=c2sc3nc(C=Cc4cccs4)nn3c2=O)cc1. The first-order valence-electron chi connectivity index (χ1n) is 8.58. The predicted octanol–water partition coefficient (Wildman–Crippen LogP) is 3.72. The fourth-order valence-electron chi connectivity index (χ4n) is 2.49. The van der Waals surface area contributed by atoms with Gasteiger partial charge in [0.1, 0.15) is 5.75 Å². The summed E-state index contributed by atoms with van der Waals surface area (Å²) in [6.45, 7) is 2.77. The van der Waals surface area contributed by atoms with E-state index in [0.717, 1.165) is 22.6 Å². The quantitative estimate of drug-likeness (QED) is 0.499. The van der Waals surface area contributed by atoms with E-state index in [9.17, 15) is 4.79 Å². The van der Waals surface area contributed by atoms with Crippen LogP contribution < -0.4 is 14.8 Å². The number of ether oxygens (including phenoxy) is 1. The van der Waals surface area contributed by atoms with Crippen LogP contribution in [0.4, 0.5) is 0 Å². The molecule has 0 aliphatic heterocycles. The van der Waals surface area contributed by atoms with Crippen LogP contribution in [-0.2, 0) is 0 Å². The summed E-state index contributed by atoms with van der Waals surface area (Å²) in [6, 6.07) is 11.7. The van der Waals surface area contributed by atoms with Gasteiger partial charge in [-0.15, -0.1) is 16.4 Å². The minimum absolute atomic E-state index is 0.149. The number of hydrogen-bond acceptors (Lipinski definition) is 6. The molecule has 4 aromatic rings. The molecule has 3 aromatic heterocycles. The molecule has 0 aliphatic carbocycles. The van der Waals surface area contributed by atoms with E-state index in [0.29, 0.717) is 21.9 Å². The largest absolute Gasteiger partial charge is 0.494 e. The molecule has 0 amide bonds. The van der Waals surface area contributed by atoms with Crippen molar-refractivity contribution in [1.82, 2.24) is 14.6 Å². The zero-order valence-electron chi connectivity index (χ0n) is 14.7. The highest BCUT2D eigenvalue weighted by molar-refractivity contribution is 7.15. The Hall–Kier alpha value is -2.77. The first kappa shape index (κ1) is 17.6. The summed E-state index contributed by atoms with van der Waals surface area (Å²) in [5.74, 6) is 1.37. The summed E-state index contributed by atoms with van der Waals surface area (Å²) in [6.07, 6.45) is 6.60. The Kier molecular flexibility index (Phi) is 5.13. The van der Waals surface area contributed by atoms with Gasteiger partial charge in [-0.1, -0.05) is 36.5 Å². The van der Waals surface area contributed by atoms with E-state index in [-0.39, 0.29) is 5.56 Å². The van der Waals surface area contributed by atoms with E-state index in [1.165, 1.54) is 15.9 Å². The molecule has 0 spiro atoms. The third-order valence-electron chi connectivity index (χ3n) is 3.79. The van der Waals surface area contributed by atoms with Crippen molar-refractivity contribution in [3.63, 3.8) is 0 Å². The van der Waals surface area contributed by atoms with Crippen LogP contribution in [0.5, 0.6) is 5.75 Å². The van der Waals surface area contributed by atoms with Crippen molar-refractivity contribution >= 4 is 45.9 Å². The highest BCUT2D eigenvalue weighted by Gasteiger charge is 2.08. The van der Waals surface area contributed by atoms with Crippen LogP contribution in [-0.4, -0.2) is 21.2 Å². The van der Waals surface area contributed by atoms with Crippen LogP contribution in [0.15, 0.2) is 46.6 Å². The Morgan fingerprint density at radius 1 is 1.19 bits per heavy atom. The summed E-state index contributed by atoms with van der Waals surface area (Å²) < 4.78 is 7.56. The van der Waals surface area contributed by atoms with Crippen molar-refractivity contribution in [3.05, 3.63) is 72.9 Å². The van der Waals surface area contributed by atoms with Gasteiger partial charge in [0.2, 0.25) is 4.96 Å². The summed E-state index contributed by atoms with van der Waals surface area (Å²) >= 11 is 2.98. The number of benzene rings is 1. The minimum Gasteiger partial charge on any atom is -0.494 e. The lowest BCUT2D eigenvalue weighted by atomic mass is 10.2. The third kappa shape index (κ3) is 3.99. The molecule has 1 aromatic carbocycles. The fourth-order valence-corrected chi connectivity index (χ4v) is 4.03. The summed E-state index contributed by atoms with van der Waals surface area (Å²) in [5.41, 5.74) is 0.794. The topological polar surface area (TPSA) is 56.5 Å². The van der Waals surface area contributed by atoms with Crippen LogP contribution in [0.1, 0.15) is 29.6 Å². The highest BCUT2D eigenvalue weighted by Crippen LogP contribution is 2.14. The number of hydrogen-bond donors (Lipinski definition) is 0. The first-order chi connectivity index (χ1) is 13.2. The zero-order chi connectivity index (χ0) is 18.6. The van der Waals surface area contributed by atoms with Gasteiger partial charge in [0.25, 0.3) is 5.56 Å². The molecular formula is C20H17N3O2S2. The number of aromatic nitrogens is 3. The molecule has 7 heteroatoms. The molecule has 136 valence electrons. The van der Waals surface area contributed by atoms with Gasteiger partial charge < -0.3 is 4.74 Å². The summed E-state index contributed by atoms with van der Waals surface area (Å²) in [7, 11) is 0. The molecule has 0 aliphatic rings. The van der Waals surface area contributed by atoms with Crippen LogP contribution >= 0.6 is 22.7 Å². The Morgan fingerprint density at radius 2 is 2.04 bits per heavy atom. The van der Waals surface area contributed by atoms with Gasteiger partial charge in [0.05, 0.1) is 11.1 Å². The number of nitrogens with zero attached hydrogens (tertiary/aromatic N) is 3. The maximum atomic E-state index is 12.6. The van der Waals surface area contributed by atoms with E-state index in [1.807, 2.05) is 60.0 Å². The highest BCUT2D eigenvalue weighted by atomic mass is 32.1. The van der Waals surface area contributed by atoms with Crippen molar-refractivity contribution in [2.45, 2.75) is 13.3 Å². The first-order valence-corrected chi connectivity index (χ1v) is 10.3. The van der Waals surface area contributed by atoms with Gasteiger partial charge in [-0.05, 0) is 53.8 Å². The molecule has 0 radical (unpaired) electrons. The lowest BCUT2D eigenvalue weighted by molar-refractivity contribution is 0.317. The molecule has 0 saturated carbocycles. The maximum Gasteiger partial charge on any atom is 0.291 e. The molecule has 0 fully saturated rings. The van der Waals surface area contributed by atoms with E-state index < -0.39 is 0 Å². The molecule has 0 bridgehead atoms. The van der Waals surface area contributed by atoms with Gasteiger partial charge in [0.15, 0.2) is 5.82 Å². The normalized spacial score (nSPS) is 12.4. The fraction of sp³-hybridized carbons (Fsp3) is 0.150. The van der Waals surface area contributed by atoms with E-state index in [4.69, 9.17) is 4.74 Å². The van der Waals surface area contributed by atoms with Crippen LogP contribution in [0, 0.1) is 0 Å². The van der Waals surface area contributed by atoms with Gasteiger partial charge in [0, 0.05) is 4.88 Å². The molecule has 5 nitrogen and oxygen atoms in total. The average molecular weight is 396 g/mol. The maximum absolute atomic E-state index is 12.6. The molecule has 0 N–H and O–H groups in total. The van der Waals surface area contributed by atoms with Crippen molar-refractivity contribution in [2.24, 2.45) is 0 Å². The van der Waals surface area contributed by atoms with Crippen molar-refractivity contribution in [1.29, 1.82) is 0 Å². The van der Waals surface area contributed by atoms with E-state index >= 15 is 0 Å². The summed E-state index contributed by atoms with van der Waals surface area (Å²) in [5, 5.41) is 6.32. The van der Waals surface area contributed by atoms with Gasteiger partial charge in [-0.3, -0.25) is 4.79 Å². The zero-order valence-corrected chi connectivity index (χ0v) is 16.3. The minimum atomic E-state index is -0.149. The molecule has 0 atom stereocenters.